The highest BCUT2D eigenvalue weighted by atomic mass is 28.3. The van der Waals surface area contributed by atoms with E-state index in [1.807, 2.05) is 0 Å². The van der Waals surface area contributed by atoms with Crippen molar-refractivity contribution in [1.82, 2.24) is 0 Å². The van der Waals surface area contributed by atoms with Gasteiger partial charge in [0.25, 0.3) is 0 Å². The molecular formula is C10H20OSi. The van der Waals surface area contributed by atoms with Crippen LogP contribution in [0.4, 0.5) is 0 Å². The normalized spacial score (nSPS) is 26.0. The summed E-state index contributed by atoms with van der Waals surface area (Å²) in [6.07, 6.45) is 5.62. The summed E-state index contributed by atoms with van der Waals surface area (Å²) in [5.41, 5.74) is 1.90. The zero-order valence-electron chi connectivity index (χ0n) is 8.43. The van der Waals surface area contributed by atoms with Crippen molar-refractivity contribution in [2.24, 2.45) is 0 Å². The molecule has 2 aliphatic carbocycles. The molecule has 12 heavy (non-hydrogen) atoms. The van der Waals surface area contributed by atoms with E-state index in [-0.39, 0.29) is 5.22 Å². The Morgan fingerprint density at radius 3 is 1.58 bits per heavy atom. The number of hydrogen-bond donors (Lipinski definition) is 1. The first kappa shape index (κ1) is 8.76. The van der Waals surface area contributed by atoms with Gasteiger partial charge in [-0.2, -0.15) is 0 Å². The Kier molecular flexibility index (Phi) is 1.72. The van der Waals surface area contributed by atoms with E-state index in [4.69, 9.17) is 0 Å². The van der Waals surface area contributed by atoms with Gasteiger partial charge in [-0.3, -0.25) is 0 Å². The van der Waals surface area contributed by atoms with Crippen LogP contribution in [-0.4, -0.2) is 18.4 Å². The first-order chi connectivity index (χ1) is 5.46. The topological polar surface area (TPSA) is 20.2 Å². The van der Waals surface area contributed by atoms with Crippen LogP contribution >= 0.6 is 0 Å². The monoisotopic (exact) mass is 184 g/mol. The molecule has 0 spiro atoms. The van der Waals surface area contributed by atoms with Crippen molar-refractivity contribution in [1.29, 1.82) is 0 Å². The third-order valence-corrected chi connectivity index (χ3v) is 11.4. The van der Waals surface area contributed by atoms with Gasteiger partial charge in [-0.05, 0) is 24.9 Å². The van der Waals surface area contributed by atoms with E-state index >= 15 is 0 Å². The molecule has 2 aliphatic rings. The average Bonchev–Trinajstić information content (AvgIpc) is 2.79. The second-order valence-corrected chi connectivity index (χ2v) is 10.8. The Balaban J connectivity index is 2.20. The molecule has 1 N–H and O–H groups in total. The molecule has 1 nitrogen and oxygen atoms in total. The van der Waals surface area contributed by atoms with E-state index in [9.17, 15) is 5.11 Å². The van der Waals surface area contributed by atoms with Crippen molar-refractivity contribution in [3.63, 3.8) is 0 Å². The molecule has 0 amide bonds. The largest absolute Gasteiger partial charge is 0.394 e. The summed E-state index contributed by atoms with van der Waals surface area (Å²) in [4.78, 5) is 0. The van der Waals surface area contributed by atoms with Crippen LogP contribution in [0.2, 0.25) is 17.6 Å². The van der Waals surface area contributed by atoms with Crippen molar-refractivity contribution < 1.29 is 5.11 Å². The first-order valence-electron chi connectivity index (χ1n) is 5.18. The summed E-state index contributed by atoms with van der Waals surface area (Å²) in [5, 5.41) is 9.88. The number of aliphatic hydroxyl groups is 1. The molecule has 0 bridgehead atoms. The molecule has 0 aromatic carbocycles. The van der Waals surface area contributed by atoms with Gasteiger partial charge in [0.1, 0.15) is 0 Å². The molecule has 0 aromatic rings. The molecule has 2 fully saturated rings. The number of rotatable bonds is 3. The Morgan fingerprint density at radius 1 is 1.08 bits per heavy atom. The molecule has 0 radical (unpaired) electrons. The summed E-state index contributed by atoms with van der Waals surface area (Å²) in [6.45, 7) is 6.54. The van der Waals surface area contributed by atoms with Gasteiger partial charge in [0.15, 0.2) is 0 Å². The molecule has 0 saturated heterocycles. The van der Waals surface area contributed by atoms with Crippen molar-refractivity contribution in [3.05, 3.63) is 0 Å². The molecule has 2 rings (SSSR count). The second kappa shape index (κ2) is 2.35. The zero-order valence-corrected chi connectivity index (χ0v) is 9.43. The summed E-state index contributed by atoms with van der Waals surface area (Å²) in [5.74, 6) is 0. The standard InChI is InChI=1S/C10H20OSi/c1-10(2,11)12(3,8-4-5-8)9-6-7-9/h8-9,11H,4-7H2,1-3H3. The minimum atomic E-state index is -1.33. The molecule has 0 aromatic heterocycles. The Labute approximate surface area is 76.2 Å². The lowest BCUT2D eigenvalue weighted by atomic mass is 10.5. The quantitative estimate of drug-likeness (QED) is 0.669. The SMILES string of the molecule is CC(C)(O)[Si](C)(C1CC1)C1CC1. The van der Waals surface area contributed by atoms with Crippen LogP contribution in [-0.2, 0) is 0 Å². The van der Waals surface area contributed by atoms with Crippen molar-refractivity contribution in [3.8, 4) is 0 Å². The van der Waals surface area contributed by atoms with Crippen LogP contribution in [0.25, 0.3) is 0 Å². The third-order valence-electron chi connectivity index (χ3n) is 4.17. The van der Waals surface area contributed by atoms with E-state index in [1.54, 1.807) is 0 Å². The molecule has 2 saturated carbocycles. The zero-order chi connectivity index (χ0) is 8.98. The smallest absolute Gasteiger partial charge is 0.0935 e. The fourth-order valence-electron chi connectivity index (χ4n) is 2.70. The fourth-order valence-corrected chi connectivity index (χ4v) is 8.10. The van der Waals surface area contributed by atoms with Crippen LogP contribution in [0.5, 0.6) is 0 Å². The lowest BCUT2D eigenvalue weighted by Gasteiger charge is -2.39. The van der Waals surface area contributed by atoms with Gasteiger partial charge in [0.05, 0.1) is 13.3 Å². The van der Waals surface area contributed by atoms with E-state index in [0.717, 1.165) is 11.1 Å². The maximum atomic E-state index is 10.2. The fraction of sp³-hybridized carbons (Fsp3) is 1.00. The van der Waals surface area contributed by atoms with Gasteiger partial charge in [0, 0.05) is 0 Å². The molecule has 0 aliphatic heterocycles. The van der Waals surface area contributed by atoms with Gasteiger partial charge < -0.3 is 5.11 Å². The third kappa shape index (κ3) is 1.16. The minimum absolute atomic E-state index is 0.338. The number of hydrogen-bond acceptors (Lipinski definition) is 1. The molecule has 0 unspecified atom stereocenters. The Morgan fingerprint density at radius 2 is 1.42 bits per heavy atom. The predicted molar refractivity (Wildman–Crippen MR) is 53.9 cm³/mol. The maximum Gasteiger partial charge on any atom is 0.0935 e. The van der Waals surface area contributed by atoms with Crippen LogP contribution in [0.1, 0.15) is 39.5 Å². The Bertz CT molecular complexity index is 175. The van der Waals surface area contributed by atoms with E-state index < -0.39 is 8.07 Å². The lowest BCUT2D eigenvalue weighted by molar-refractivity contribution is 0.153. The van der Waals surface area contributed by atoms with Crippen molar-refractivity contribution in [2.45, 2.75) is 62.4 Å². The summed E-state index contributed by atoms with van der Waals surface area (Å²) in [6, 6.07) is 0. The minimum Gasteiger partial charge on any atom is -0.394 e. The van der Waals surface area contributed by atoms with Crippen LogP contribution in [0.3, 0.4) is 0 Å². The predicted octanol–water partition coefficient (Wildman–Crippen LogP) is 2.70. The summed E-state index contributed by atoms with van der Waals surface area (Å²) < 4.78 is 0. The molecule has 2 heteroatoms. The first-order valence-corrected chi connectivity index (χ1v) is 7.84. The van der Waals surface area contributed by atoms with Crippen LogP contribution in [0, 0.1) is 0 Å². The van der Waals surface area contributed by atoms with Gasteiger partial charge in [-0.1, -0.05) is 32.2 Å². The van der Waals surface area contributed by atoms with E-state index in [0.29, 0.717) is 0 Å². The molecule has 0 heterocycles. The summed E-state index contributed by atoms with van der Waals surface area (Å²) >= 11 is 0. The molecule has 0 atom stereocenters. The highest BCUT2D eigenvalue weighted by Gasteiger charge is 2.59. The van der Waals surface area contributed by atoms with Crippen LogP contribution < -0.4 is 0 Å². The lowest BCUT2D eigenvalue weighted by Crippen LogP contribution is -2.53. The second-order valence-electron chi connectivity index (χ2n) is 5.39. The summed E-state index contributed by atoms with van der Waals surface area (Å²) in [7, 11) is -1.33. The van der Waals surface area contributed by atoms with Crippen LogP contribution in [0.15, 0.2) is 0 Å². The van der Waals surface area contributed by atoms with E-state index in [2.05, 4.69) is 20.4 Å². The average molecular weight is 184 g/mol. The van der Waals surface area contributed by atoms with Crippen molar-refractivity contribution >= 4 is 8.07 Å². The highest BCUT2D eigenvalue weighted by molar-refractivity contribution is 6.85. The maximum absolute atomic E-state index is 10.2. The van der Waals surface area contributed by atoms with Gasteiger partial charge in [0.2, 0.25) is 0 Å². The highest BCUT2D eigenvalue weighted by Crippen LogP contribution is 2.61. The molecular weight excluding hydrogens is 164 g/mol. The Hall–Kier alpha value is 0.177. The van der Waals surface area contributed by atoms with Gasteiger partial charge in [-0.25, -0.2) is 0 Å². The van der Waals surface area contributed by atoms with Gasteiger partial charge >= 0.3 is 0 Å². The van der Waals surface area contributed by atoms with Gasteiger partial charge in [-0.15, -0.1) is 0 Å². The van der Waals surface area contributed by atoms with E-state index in [1.165, 1.54) is 25.7 Å². The molecule has 70 valence electrons. The van der Waals surface area contributed by atoms with Crippen molar-refractivity contribution in [2.75, 3.05) is 0 Å².